The minimum Gasteiger partial charge on any atom is -0.369 e. The van der Waals surface area contributed by atoms with E-state index in [2.05, 4.69) is 25.1 Å². The predicted octanol–water partition coefficient (Wildman–Crippen LogP) is 3.09. The highest BCUT2D eigenvalue weighted by molar-refractivity contribution is 5.65. The van der Waals surface area contributed by atoms with Crippen LogP contribution in [0.5, 0.6) is 0 Å². The monoisotopic (exact) mass is 242 g/mol. The van der Waals surface area contributed by atoms with Crippen molar-refractivity contribution in [3.8, 4) is 0 Å². The molecule has 0 amide bonds. The largest absolute Gasteiger partial charge is 0.369 e. The summed E-state index contributed by atoms with van der Waals surface area (Å²) in [6.07, 6.45) is 4.25. The first-order valence-electron chi connectivity index (χ1n) is 6.50. The molecule has 2 bridgehead atoms. The van der Waals surface area contributed by atoms with E-state index >= 15 is 0 Å². The molecule has 1 fully saturated rings. The number of hydrogen-bond donors (Lipinski definition) is 0. The molecule has 1 saturated heterocycles. The number of aldehydes is 1. The molecule has 2 aliphatic rings. The molecule has 2 heteroatoms. The second kappa shape index (κ2) is 4.06. The lowest BCUT2D eigenvalue weighted by Crippen LogP contribution is -2.33. The maximum Gasteiger partial charge on any atom is 0.129 e. The zero-order valence-corrected chi connectivity index (χ0v) is 10.8. The average Bonchev–Trinajstić information content (AvgIpc) is 2.66. The van der Waals surface area contributed by atoms with E-state index in [0.29, 0.717) is 0 Å². The first kappa shape index (κ1) is 11.7. The van der Waals surface area contributed by atoms with Gasteiger partial charge in [0.05, 0.1) is 17.6 Å². The molecule has 94 valence electrons. The van der Waals surface area contributed by atoms with Crippen molar-refractivity contribution in [1.29, 1.82) is 0 Å². The van der Waals surface area contributed by atoms with Gasteiger partial charge in [0.25, 0.3) is 0 Å². The summed E-state index contributed by atoms with van der Waals surface area (Å²) >= 11 is 0. The van der Waals surface area contributed by atoms with Gasteiger partial charge in [-0.2, -0.15) is 0 Å². The van der Waals surface area contributed by atoms with Gasteiger partial charge in [0.15, 0.2) is 0 Å². The molecule has 0 spiro atoms. The van der Waals surface area contributed by atoms with E-state index in [1.807, 2.05) is 25.1 Å². The van der Waals surface area contributed by atoms with E-state index in [0.717, 1.165) is 12.7 Å². The van der Waals surface area contributed by atoms with Gasteiger partial charge in [-0.05, 0) is 31.4 Å². The van der Waals surface area contributed by atoms with Crippen molar-refractivity contribution in [3.05, 3.63) is 47.5 Å². The fourth-order valence-corrected chi connectivity index (χ4v) is 3.36. The summed E-state index contributed by atoms with van der Waals surface area (Å²) in [5.74, 6) is 0.139. The molecule has 2 nitrogen and oxygen atoms in total. The highest BCUT2D eigenvalue weighted by atomic mass is 16.5. The van der Waals surface area contributed by atoms with Crippen molar-refractivity contribution in [3.63, 3.8) is 0 Å². The summed E-state index contributed by atoms with van der Waals surface area (Å²) in [5.41, 5.74) is 2.04. The van der Waals surface area contributed by atoms with Crippen LogP contribution in [0.25, 0.3) is 0 Å². The average molecular weight is 242 g/mol. The van der Waals surface area contributed by atoms with Crippen molar-refractivity contribution in [2.75, 3.05) is 0 Å². The van der Waals surface area contributed by atoms with E-state index in [4.69, 9.17) is 4.74 Å². The maximum absolute atomic E-state index is 11.7. The van der Waals surface area contributed by atoms with Crippen molar-refractivity contribution in [2.24, 2.45) is 5.41 Å². The Labute approximate surface area is 108 Å². The third kappa shape index (κ3) is 1.49. The third-order valence-electron chi connectivity index (χ3n) is 4.49. The van der Waals surface area contributed by atoms with E-state index in [1.54, 1.807) is 0 Å². The van der Waals surface area contributed by atoms with Crippen molar-refractivity contribution in [2.45, 2.75) is 38.4 Å². The van der Waals surface area contributed by atoms with E-state index < -0.39 is 5.41 Å². The molecule has 4 atom stereocenters. The topological polar surface area (TPSA) is 26.3 Å². The summed E-state index contributed by atoms with van der Waals surface area (Å²) < 4.78 is 6.08. The Kier molecular flexibility index (Phi) is 2.63. The standard InChI is InChI=1S/C16H18O2/c1-11-8-9-13-16(2,10-17)14(15(11)18-13)12-6-4-3-5-7-12/h3-8,10,13-15H,9H2,1-2H3/t13-,14?,15+,16+/m1/s1. The van der Waals surface area contributed by atoms with E-state index in [1.165, 1.54) is 11.1 Å². The first-order valence-corrected chi connectivity index (χ1v) is 6.50. The smallest absolute Gasteiger partial charge is 0.129 e. The quantitative estimate of drug-likeness (QED) is 0.588. The summed E-state index contributed by atoms with van der Waals surface area (Å²) in [4.78, 5) is 11.7. The van der Waals surface area contributed by atoms with Gasteiger partial charge in [-0.15, -0.1) is 0 Å². The zero-order chi connectivity index (χ0) is 12.8. The molecule has 1 unspecified atom stereocenters. The van der Waals surface area contributed by atoms with Crippen LogP contribution in [-0.2, 0) is 9.53 Å². The lowest BCUT2D eigenvalue weighted by Gasteiger charge is -2.28. The lowest BCUT2D eigenvalue weighted by molar-refractivity contribution is -0.118. The molecule has 0 radical (unpaired) electrons. The molecule has 0 saturated carbocycles. The van der Waals surface area contributed by atoms with E-state index in [-0.39, 0.29) is 18.1 Å². The van der Waals surface area contributed by atoms with Gasteiger partial charge < -0.3 is 9.53 Å². The van der Waals surface area contributed by atoms with Crippen LogP contribution in [-0.4, -0.2) is 18.5 Å². The predicted molar refractivity (Wildman–Crippen MR) is 70.4 cm³/mol. The second-order valence-electron chi connectivity index (χ2n) is 5.60. The van der Waals surface area contributed by atoms with Crippen LogP contribution in [0.1, 0.15) is 31.7 Å². The molecule has 2 heterocycles. The van der Waals surface area contributed by atoms with Crippen LogP contribution in [0.2, 0.25) is 0 Å². The summed E-state index contributed by atoms with van der Waals surface area (Å²) in [5, 5.41) is 0. The number of fused-ring (bicyclic) bond motifs is 2. The molecule has 0 N–H and O–H groups in total. The normalized spacial score (nSPS) is 38.3. The highest BCUT2D eigenvalue weighted by Crippen LogP contribution is 2.53. The van der Waals surface area contributed by atoms with Crippen LogP contribution in [0.3, 0.4) is 0 Å². The Balaban J connectivity index is 2.10. The third-order valence-corrected chi connectivity index (χ3v) is 4.49. The van der Waals surface area contributed by atoms with E-state index in [9.17, 15) is 4.79 Å². The number of benzene rings is 1. The number of carbonyl (C=O) groups is 1. The summed E-state index contributed by atoms with van der Waals surface area (Å²) in [7, 11) is 0. The van der Waals surface area contributed by atoms with Gasteiger partial charge in [-0.25, -0.2) is 0 Å². The molecule has 0 aromatic heterocycles. The van der Waals surface area contributed by atoms with Crippen LogP contribution in [0.15, 0.2) is 42.0 Å². The van der Waals surface area contributed by atoms with Crippen LogP contribution in [0.4, 0.5) is 0 Å². The van der Waals surface area contributed by atoms with Gasteiger partial charge in [0.1, 0.15) is 6.29 Å². The Morgan fingerprint density at radius 2 is 2.06 bits per heavy atom. The number of ether oxygens (including phenoxy) is 1. The summed E-state index contributed by atoms with van der Waals surface area (Å²) in [6, 6.07) is 10.3. The second-order valence-corrected chi connectivity index (χ2v) is 5.60. The molecule has 1 aromatic carbocycles. The fourth-order valence-electron chi connectivity index (χ4n) is 3.36. The molecular weight excluding hydrogens is 224 g/mol. The van der Waals surface area contributed by atoms with Crippen LogP contribution in [0, 0.1) is 5.41 Å². The molecule has 1 aromatic rings. The van der Waals surface area contributed by atoms with Crippen molar-refractivity contribution in [1.82, 2.24) is 0 Å². The Morgan fingerprint density at radius 3 is 2.72 bits per heavy atom. The van der Waals surface area contributed by atoms with Gasteiger partial charge in [-0.3, -0.25) is 0 Å². The van der Waals surface area contributed by atoms with Gasteiger partial charge in [-0.1, -0.05) is 36.4 Å². The van der Waals surface area contributed by atoms with Gasteiger partial charge in [0.2, 0.25) is 0 Å². The number of hydrogen-bond acceptors (Lipinski definition) is 2. The first-order chi connectivity index (χ1) is 8.66. The molecule has 0 aliphatic carbocycles. The lowest BCUT2D eigenvalue weighted by atomic mass is 9.71. The Morgan fingerprint density at radius 1 is 1.33 bits per heavy atom. The van der Waals surface area contributed by atoms with Crippen molar-refractivity contribution >= 4 is 6.29 Å². The molecular formula is C16H18O2. The van der Waals surface area contributed by atoms with Gasteiger partial charge in [0, 0.05) is 5.92 Å². The van der Waals surface area contributed by atoms with Crippen LogP contribution >= 0.6 is 0 Å². The SMILES string of the molecule is CC1=CC[C@H]2O[C@@H]1C(c1ccccc1)[C@@]2(C)C=O. The maximum atomic E-state index is 11.7. The zero-order valence-electron chi connectivity index (χ0n) is 10.8. The number of rotatable bonds is 2. The number of carbonyl (C=O) groups excluding carboxylic acids is 1. The summed E-state index contributed by atoms with van der Waals surface area (Å²) in [6.45, 7) is 4.14. The highest BCUT2D eigenvalue weighted by Gasteiger charge is 2.55. The van der Waals surface area contributed by atoms with Crippen molar-refractivity contribution < 1.29 is 9.53 Å². The molecule has 18 heavy (non-hydrogen) atoms. The minimum absolute atomic E-state index is 0.0221. The Hall–Kier alpha value is -1.41. The molecule has 3 rings (SSSR count). The van der Waals surface area contributed by atoms with Gasteiger partial charge >= 0.3 is 0 Å². The minimum atomic E-state index is -0.416. The Bertz CT molecular complexity index is 491. The van der Waals surface area contributed by atoms with Crippen LogP contribution < -0.4 is 0 Å². The fraction of sp³-hybridized carbons (Fsp3) is 0.438. The molecule has 2 aliphatic heterocycles.